The van der Waals surface area contributed by atoms with Crippen molar-refractivity contribution in [3.8, 4) is 0 Å². The highest BCUT2D eigenvalue weighted by Crippen LogP contribution is 2.17. The Balaban J connectivity index is 1.47. The summed E-state index contributed by atoms with van der Waals surface area (Å²) < 4.78 is 0. The van der Waals surface area contributed by atoms with E-state index in [1.165, 1.54) is 6.42 Å². The topological polar surface area (TPSA) is 44.4 Å². The molecule has 2 aliphatic rings. The monoisotopic (exact) mass is 273 g/mol. The third kappa shape index (κ3) is 3.19. The van der Waals surface area contributed by atoms with Crippen LogP contribution in [0.4, 0.5) is 0 Å². The van der Waals surface area contributed by atoms with E-state index in [4.69, 9.17) is 0 Å². The first-order valence-electron chi connectivity index (χ1n) is 7.63. The second-order valence-electron chi connectivity index (χ2n) is 5.80. The summed E-state index contributed by atoms with van der Waals surface area (Å²) in [5.74, 6) is 0.0617. The molecule has 1 aromatic rings. The van der Waals surface area contributed by atoms with Crippen LogP contribution in [0.5, 0.6) is 0 Å². The van der Waals surface area contributed by atoms with Crippen LogP contribution in [-0.4, -0.2) is 49.1 Å². The fraction of sp³-hybridized carbons (Fsp3) is 0.562. The van der Waals surface area contributed by atoms with Crippen molar-refractivity contribution in [3.05, 3.63) is 35.9 Å². The molecule has 3 rings (SSSR count). The molecule has 4 heteroatoms. The number of hydrogen-bond acceptors (Lipinski definition) is 3. The zero-order valence-electron chi connectivity index (χ0n) is 11.8. The molecular weight excluding hydrogens is 250 g/mol. The van der Waals surface area contributed by atoms with Gasteiger partial charge in [-0.25, -0.2) is 0 Å². The smallest absolute Gasteiger partial charge is 0.251 e. The number of hydrogen-bond donors (Lipinski definition) is 2. The number of carbonyl (C=O) groups is 1. The molecule has 2 fully saturated rings. The number of carbonyl (C=O) groups excluding carboxylic acids is 1. The maximum Gasteiger partial charge on any atom is 0.251 e. The molecule has 108 valence electrons. The Kier molecular flexibility index (Phi) is 4.33. The van der Waals surface area contributed by atoms with E-state index in [-0.39, 0.29) is 5.91 Å². The summed E-state index contributed by atoms with van der Waals surface area (Å²) in [5, 5.41) is 6.59. The second kappa shape index (κ2) is 6.37. The van der Waals surface area contributed by atoms with Gasteiger partial charge in [0.25, 0.3) is 5.91 Å². The summed E-state index contributed by atoms with van der Waals surface area (Å²) in [7, 11) is 0. The zero-order valence-corrected chi connectivity index (χ0v) is 11.8. The van der Waals surface area contributed by atoms with Crippen LogP contribution in [0.3, 0.4) is 0 Å². The SMILES string of the molecule is O=C(NC1CCN(C2CCNC2)CC1)c1ccccc1. The van der Waals surface area contributed by atoms with Crippen molar-refractivity contribution in [2.45, 2.75) is 31.3 Å². The summed E-state index contributed by atoms with van der Waals surface area (Å²) in [5.41, 5.74) is 0.759. The summed E-state index contributed by atoms with van der Waals surface area (Å²) >= 11 is 0. The molecule has 0 aliphatic carbocycles. The predicted octanol–water partition coefficient (Wildman–Crippen LogP) is 1.24. The molecule has 4 nitrogen and oxygen atoms in total. The number of nitrogens with one attached hydrogen (secondary N) is 2. The lowest BCUT2D eigenvalue weighted by Gasteiger charge is -2.35. The van der Waals surface area contributed by atoms with Crippen molar-refractivity contribution >= 4 is 5.91 Å². The van der Waals surface area contributed by atoms with E-state index >= 15 is 0 Å². The van der Waals surface area contributed by atoms with Crippen molar-refractivity contribution in [2.75, 3.05) is 26.2 Å². The lowest BCUT2D eigenvalue weighted by atomic mass is 10.0. The van der Waals surface area contributed by atoms with E-state index < -0.39 is 0 Å². The van der Waals surface area contributed by atoms with Gasteiger partial charge in [0.15, 0.2) is 0 Å². The largest absolute Gasteiger partial charge is 0.349 e. The Hall–Kier alpha value is -1.39. The third-order valence-corrected chi connectivity index (χ3v) is 4.45. The fourth-order valence-electron chi connectivity index (χ4n) is 3.22. The van der Waals surface area contributed by atoms with Crippen LogP contribution in [0.2, 0.25) is 0 Å². The van der Waals surface area contributed by atoms with Crippen molar-refractivity contribution in [1.29, 1.82) is 0 Å². The number of benzene rings is 1. The minimum atomic E-state index is 0.0617. The Labute approximate surface area is 120 Å². The maximum atomic E-state index is 12.1. The van der Waals surface area contributed by atoms with Gasteiger partial charge in [-0.15, -0.1) is 0 Å². The van der Waals surface area contributed by atoms with Gasteiger partial charge in [0, 0.05) is 37.3 Å². The van der Waals surface area contributed by atoms with Crippen molar-refractivity contribution in [1.82, 2.24) is 15.5 Å². The van der Waals surface area contributed by atoms with E-state index in [1.807, 2.05) is 30.3 Å². The minimum Gasteiger partial charge on any atom is -0.349 e. The van der Waals surface area contributed by atoms with Gasteiger partial charge in [-0.1, -0.05) is 18.2 Å². The van der Waals surface area contributed by atoms with Crippen molar-refractivity contribution in [3.63, 3.8) is 0 Å². The van der Waals surface area contributed by atoms with Crippen LogP contribution in [-0.2, 0) is 0 Å². The van der Waals surface area contributed by atoms with E-state index in [2.05, 4.69) is 15.5 Å². The molecule has 2 N–H and O–H groups in total. The molecule has 1 aromatic carbocycles. The first-order chi connectivity index (χ1) is 9.83. The molecule has 20 heavy (non-hydrogen) atoms. The Morgan fingerprint density at radius 2 is 1.90 bits per heavy atom. The number of piperidine rings is 1. The van der Waals surface area contributed by atoms with Gasteiger partial charge in [-0.3, -0.25) is 9.69 Å². The van der Waals surface area contributed by atoms with Gasteiger partial charge in [0.2, 0.25) is 0 Å². The highest BCUT2D eigenvalue weighted by atomic mass is 16.1. The summed E-state index contributed by atoms with van der Waals surface area (Å²) in [6.45, 7) is 4.48. The normalized spacial score (nSPS) is 24.7. The molecule has 2 saturated heterocycles. The lowest BCUT2D eigenvalue weighted by Crippen LogP contribution is -2.48. The summed E-state index contributed by atoms with van der Waals surface area (Å²) in [6, 6.07) is 10.5. The molecule has 2 heterocycles. The van der Waals surface area contributed by atoms with Gasteiger partial charge in [-0.2, -0.15) is 0 Å². The average molecular weight is 273 g/mol. The van der Waals surface area contributed by atoms with E-state index in [1.54, 1.807) is 0 Å². The van der Waals surface area contributed by atoms with Gasteiger partial charge in [-0.05, 0) is 37.9 Å². The highest BCUT2D eigenvalue weighted by molar-refractivity contribution is 5.94. The molecule has 0 aromatic heterocycles. The quantitative estimate of drug-likeness (QED) is 0.871. The maximum absolute atomic E-state index is 12.1. The predicted molar refractivity (Wildman–Crippen MR) is 79.8 cm³/mol. The summed E-state index contributed by atoms with van der Waals surface area (Å²) in [4.78, 5) is 14.7. The molecule has 1 unspecified atom stereocenters. The van der Waals surface area contributed by atoms with Crippen molar-refractivity contribution < 1.29 is 4.79 Å². The molecule has 0 radical (unpaired) electrons. The first kappa shape index (κ1) is 13.6. The van der Waals surface area contributed by atoms with Crippen LogP contribution < -0.4 is 10.6 Å². The van der Waals surface area contributed by atoms with Gasteiger partial charge < -0.3 is 10.6 Å². The van der Waals surface area contributed by atoms with E-state index in [0.717, 1.165) is 44.6 Å². The summed E-state index contributed by atoms with van der Waals surface area (Å²) in [6.07, 6.45) is 3.39. The molecule has 0 saturated carbocycles. The number of likely N-dealkylation sites (tertiary alicyclic amines) is 1. The standard InChI is InChI=1S/C16H23N3O/c20-16(13-4-2-1-3-5-13)18-14-7-10-19(11-8-14)15-6-9-17-12-15/h1-5,14-15,17H,6-12H2,(H,18,20). The zero-order chi connectivity index (χ0) is 13.8. The van der Waals surface area contributed by atoms with Gasteiger partial charge in [0.05, 0.1) is 0 Å². The number of rotatable bonds is 3. The van der Waals surface area contributed by atoms with Crippen LogP contribution in [0, 0.1) is 0 Å². The van der Waals surface area contributed by atoms with E-state index in [9.17, 15) is 4.79 Å². The minimum absolute atomic E-state index is 0.0617. The third-order valence-electron chi connectivity index (χ3n) is 4.45. The highest BCUT2D eigenvalue weighted by Gasteiger charge is 2.27. The Morgan fingerprint density at radius 1 is 1.15 bits per heavy atom. The van der Waals surface area contributed by atoms with Crippen LogP contribution in [0.1, 0.15) is 29.6 Å². The second-order valence-corrected chi connectivity index (χ2v) is 5.80. The molecule has 0 bridgehead atoms. The Morgan fingerprint density at radius 3 is 2.55 bits per heavy atom. The number of amides is 1. The molecule has 2 aliphatic heterocycles. The molecule has 1 amide bonds. The van der Waals surface area contributed by atoms with Gasteiger partial charge in [0.1, 0.15) is 0 Å². The van der Waals surface area contributed by atoms with Crippen molar-refractivity contribution in [2.24, 2.45) is 0 Å². The molecular formula is C16H23N3O. The Bertz CT molecular complexity index is 434. The number of nitrogens with zero attached hydrogens (tertiary/aromatic N) is 1. The van der Waals surface area contributed by atoms with Crippen LogP contribution in [0.25, 0.3) is 0 Å². The average Bonchev–Trinajstić information content (AvgIpc) is 3.03. The van der Waals surface area contributed by atoms with Crippen LogP contribution in [0.15, 0.2) is 30.3 Å². The molecule has 0 spiro atoms. The first-order valence-corrected chi connectivity index (χ1v) is 7.63. The van der Waals surface area contributed by atoms with Crippen LogP contribution >= 0.6 is 0 Å². The van der Waals surface area contributed by atoms with E-state index in [0.29, 0.717) is 12.1 Å². The molecule has 1 atom stereocenters. The fourth-order valence-corrected chi connectivity index (χ4v) is 3.22. The lowest BCUT2D eigenvalue weighted by molar-refractivity contribution is 0.0896. The van der Waals surface area contributed by atoms with Gasteiger partial charge >= 0.3 is 0 Å².